The van der Waals surface area contributed by atoms with E-state index in [1.165, 1.54) is 24.4 Å². The van der Waals surface area contributed by atoms with E-state index in [-0.39, 0.29) is 22.5 Å². The lowest BCUT2D eigenvalue weighted by molar-refractivity contribution is -0.0588. The molecule has 1 aromatic carbocycles. The Morgan fingerprint density at radius 3 is 2.28 bits per heavy atom. The Morgan fingerprint density at radius 2 is 1.72 bits per heavy atom. The number of nitrogens with one attached hydrogen (secondary N) is 1. The van der Waals surface area contributed by atoms with Crippen LogP contribution in [0.3, 0.4) is 0 Å². The zero-order valence-electron chi connectivity index (χ0n) is 12.8. The number of carbonyl (C=O) groups excluding carboxylic acids is 3. The summed E-state index contributed by atoms with van der Waals surface area (Å²) in [7, 11) is -3.54. The van der Waals surface area contributed by atoms with E-state index >= 15 is 0 Å². The van der Waals surface area contributed by atoms with Crippen molar-refractivity contribution in [3.8, 4) is 0 Å². The number of pyridine rings is 1. The van der Waals surface area contributed by atoms with Gasteiger partial charge in [-0.2, -0.15) is 0 Å². The Kier molecular flexibility index (Phi) is 3.97. The first-order valence-electron chi connectivity index (χ1n) is 6.90. The van der Waals surface area contributed by atoms with Crippen molar-refractivity contribution in [3.63, 3.8) is 0 Å². The molecule has 128 valence electrons. The Balaban J connectivity index is 1.81. The summed E-state index contributed by atoms with van der Waals surface area (Å²) in [6.45, 7) is 0. The van der Waals surface area contributed by atoms with Gasteiger partial charge >= 0.3 is 5.97 Å². The maximum atomic E-state index is 12.2. The highest BCUT2D eigenvalue weighted by atomic mass is 32.2. The largest absolute Gasteiger partial charge is 0.382 e. The minimum absolute atomic E-state index is 0.0896. The number of carbonyl (C=O) groups is 3. The molecule has 0 unspecified atom stereocenters. The van der Waals surface area contributed by atoms with Crippen molar-refractivity contribution in [1.29, 1.82) is 0 Å². The summed E-state index contributed by atoms with van der Waals surface area (Å²) < 4.78 is 24.6. The monoisotopic (exact) mass is 361 g/mol. The molecule has 2 heterocycles. The van der Waals surface area contributed by atoms with E-state index in [0.717, 1.165) is 12.3 Å². The van der Waals surface area contributed by atoms with Crippen molar-refractivity contribution < 1.29 is 27.6 Å². The quantitative estimate of drug-likeness (QED) is 0.800. The predicted molar refractivity (Wildman–Crippen MR) is 85.1 cm³/mol. The third-order valence-electron chi connectivity index (χ3n) is 3.20. The fraction of sp³-hybridized carbons (Fsp3) is 0.0667. The first kappa shape index (κ1) is 16.6. The number of hydrogen-bond acceptors (Lipinski definition) is 7. The minimum Gasteiger partial charge on any atom is -0.323 e. The van der Waals surface area contributed by atoms with Gasteiger partial charge in [0.15, 0.2) is 5.69 Å². The molecule has 0 bridgehead atoms. The van der Waals surface area contributed by atoms with Crippen LogP contribution in [-0.4, -0.2) is 42.5 Å². The Labute approximate surface area is 142 Å². The van der Waals surface area contributed by atoms with Gasteiger partial charge in [-0.1, -0.05) is 17.2 Å². The molecule has 1 aliphatic heterocycles. The highest BCUT2D eigenvalue weighted by molar-refractivity contribution is 7.92. The van der Waals surface area contributed by atoms with Crippen LogP contribution in [0, 0.1) is 0 Å². The van der Waals surface area contributed by atoms with Crippen molar-refractivity contribution in [3.05, 3.63) is 59.4 Å². The number of anilines is 1. The number of aromatic nitrogens is 1. The molecule has 0 spiro atoms. The second kappa shape index (κ2) is 5.98. The van der Waals surface area contributed by atoms with Crippen LogP contribution in [-0.2, 0) is 14.9 Å². The predicted octanol–water partition coefficient (Wildman–Crippen LogP) is 0.821. The van der Waals surface area contributed by atoms with Crippen molar-refractivity contribution in [2.45, 2.75) is 0 Å². The third-order valence-corrected chi connectivity index (χ3v) is 3.81. The Hall–Kier alpha value is -3.27. The fourth-order valence-corrected chi connectivity index (χ4v) is 2.75. The minimum atomic E-state index is -3.54. The molecule has 0 saturated carbocycles. The maximum Gasteiger partial charge on any atom is 0.382 e. The lowest BCUT2D eigenvalue weighted by atomic mass is 10.1. The average molecular weight is 361 g/mol. The van der Waals surface area contributed by atoms with E-state index in [4.69, 9.17) is 4.84 Å². The Bertz CT molecular complexity index is 967. The van der Waals surface area contributed by atoms with Crippen LogP contribution in [0.25, 0.3) is 0 Å². The second-order valence-corrected chi connectivity index (χ2v) is 6.88. The molecule has 0 aliphatic carbocycles. The van der Waals surface area contributed by atoms with Gasteiger partial charge in [0.25, 0.3) is 11.8 Å². The van der Waals surface area contributed by atoms with Gasteiger partial charge in [0.05, 0.1) is 23.1 Å². The highest BCUT2D eigenvalue weighted by Gasteiger charge is 2.39. The van der Waals surface area contributed by atoms with Gasteiger partial charge in [-0.15, -0.1) is 0 Å². The first-order valence-corrected chi connectivity index (χ1v) is 8.79. The van der Waals surface area contributed by atoms with Crippen molar-refractivity contribution in [1.82, 2.24) is 10.0 Å². The number of sulfonamides is 1. The number of rotatable bonds is 4. The summed E-state index contributed by atoms with van der Waals surface area (Å²) in [5.74, 6) is -2.61. The second-order valence-electron chi connectivity index (χ2n) is 5.13. The molecule has 3 rings (SSSR count). The summed E-state index contributed by atoms with van der Waals surface area (Å²) in [4.78, 5) is 45.0. The first-order chi connectivity index (χ1) is 11.8. The van der Waals surface area contributed by atoms with Crippen molar-refractivity contribution >= 4 is 33.5 Å². The van der Waals surface area contributed by atoms with Gasteiger partial charge in [-0.25, -0.2) is 18.2 Å². The molecule has 1 aromatic heterocycles. The standard InChI is InChI=1S/C15H11N3O6S/c1-25(22,23)17-9-6-7-16-12(8-9)15(21)24-18-13(19)10-4-2-3-5-11(10)14(18)20/h2-8H,1H3,(H,16,17). The van der Waals surface area contributed by atoms with Crippen LogP contribution in [0.15, 0.2) is 42.6 Å². The SMILES string of the molecule is CS(=O)(=O)Nc1ccnc(C(=O)ON2C(=O)c3ccccc3C2=O)c1. The van der Waals surface area contributed by atoms with Crippen LogP contribution in [0.4, 0.5) is 5.69 Å². The summed E-state index contributed by atoms with van der Waals surface area (Å²) in [5, 5.41) is 0.353. The molecule has 2 aromatic rings. The van der Waals surface area contributed by atoms with Crippen molar-refractivity contribution in [2.24, 2.45) is 0 Å². The molecule has 1 N–H and O–H groups in total. The van der Waals surface area contributed by atoms with Crippen LogP contribution in [0.5, 0.6) is 0 Å². The van der Waals surface area contributed by atoms with Gasteiger partial charge in [0.2, 0.25) is 10.0 Å². The van der Waals surface area contributed by atoms with E-state index in [9.17, 15) is 22.8 Å². The molecule has 0 saturated heterocycles. The summed E-state index contributed by atoms with van der Waals surface area (Å²) in [6, 6.07) is 8.51. The van der Waals surface area contributed by atoms with Gasteiger partial charge in [0, 0.05) is 6.20 Å². The molecule has 10 heteroatoms. The van der Waals surface area contributed by atoms with Crippen LogP contribution < -0.4 is 4.72 Å². The Morgan fingerprint density at radius 1 is 1.12 bits per heavy atom. The lowest BCUT2D eigenvalue weighted by Gasteiger charge is -2.12. The normalized spacial score (nSPS) is 13.6. The van der Waals surface area contributed by atoms with E-state index in [1.807, 2.05) is 0 Å². The van der Waals surface area contributed by atoms with Crippen LogP contribution in [0.1, 0.15) is 31.2 Å². The number of nitrogens with zero attached hydrogens (tertiary/aromatic N) is 2. The molecular weight excluding hydrogens is 350 g/mol. The van der Waals surface area contributed by atoms with E-state index < -0.39 is 27.8 Å². The van der Waals surface area contributed by atoms with E-state index in [1.54, 1.807) is 12.1 Å². The number of hydroxylamine groups is 2. The number of fused-ring (bicyclic) bond motifs is 1. The van der Waals surface area contributed by atoms with Gasteiger partial charge < -0.3 is 4.84 Å². The highest BCUT2D eigenvalue weighted by Crippen LogP contribution is 2.23. The summed E-state index contributed by atoms with van der Waals surface area (Å²) in [6.07, 6.45) is 2.14. The zero-order chi connectivity index (χ0) is 18.2. The summed E-state index contributed by atoms with van der Waals surface area (Å²) >= 11 is 0. The average Bonchev–Trinajstić information content (AvgIpc) is 2.79. The van der Waals surface area contributed by atoms with Gasteiger partial charge in [-0.05, 0) is 24.3 Å². The fourth-order valence-electron chi connectivity index (χ4n) is 2.20. The molecule has 2 amide bonds. The number of benzene rings is 1. The van der Waals surface area contributed by atoms with Crippen LogP contribution >= 0.6 is 0 Å². The smallest absolute Gasteiger partial charge is 0.323 e. The third kappa shape index (κ3) is 3.33. The molecule has 0 atom stereocenters. The molecule has 25 heavy (non-hydrogen) atoms. The molecule has 9 nitrogen and oxygen atoms in total. The lowest BCUT2D eigenvalue weighted by Crippen LogP contribution is -2.33. The maximum absolute atomic E-state index is 12.2. The number of amides is 2. The topological polar surface area (TPSA) is 123 Å². The zero-order valence-corrected chi connectivity index (χ0v) is 13.6. The van der Waals surface area contributed by atoms with E-state index in [0.29, 0.717) is 5.06 Å². The summed E-state index contributed by atoms with van der Waals surface area (Å²) in [5.41, 5.74) is 0.0681. The van der Waals surface area contributed by atoms with Gasteiger partial charge in [-0.3, -0.25) is 14.3 Å². The van der Waals surface area contributed by atoms with Crippen molar-refractivity contribution in [2.75, 3.05) is 11.0 Å². The number of hydrogen-bond donors (Lipinski definition) is 1. The van der Waals surface area contributed by atoms with Crippen LogP contribution in [0.2, 0.25) is 0 Å². The van der Waals surface area contributed by atoms with E-state index in [2.05, 4.69) is 9.71 Å². The number of imide groups is 1. The molecular formula is C15H11N3O6S. The molecule has 0 fully saturated rings. The van der Waals surface area contributed by atoms with Gasteiger partial charge in [0.1, 0.15) is 0 Å². The molecule has 1 aliphatic rings. The molecule has 0 radical (unpaired) electrons.